The van der Waals surface area contributed by atoms with Gasteiger partial charge in [-0.3, -0.25) is 9.59 Å². The zero-order chi connectivity index (χ0) is 24.0. The fraction of sp³-hybridized carbons (Fsp3) is 0.136. The Balaban J connectivity index is 1.77. The van der Waals surface area contributed by atoms with E-state index < -0.39 is 30.2 Å². The number of anilines is 2. The van der Waals surface area contributed by atoms with Crippen molar-refractivity contribution in [1.29, 1.82) is 0 Å². The smallest absolute Gasteiger partial charge is 0.340 e. The van der Waals surface area contributed by atoms with Crippen LogP contribution < -0.4 is 20.1 Å². The van der Waals surface area contributed by atoms with Crippen molar-refractivity contribution in [3.8, 4) is 11.5 Å². The van der Waals surface area contributed by atoms with Crippen LogP contribution in [0.25, 0.3) is 0 Å². The van der Waals surface area contributed by atoms with Gasteiger partial charge in [0, 0.05) is 17.2 Å². The lowest BCUT2D eigenvalue weighted by atomic mass is 10.1. The molecule has 0 radical (unpaired) electrons. The summed E-state index contributed by atoms with van der Waals surface area (Å²) in [4.78, 5) is 37.2. The molecule has 3 rings (SSSR count). The van der Waals surface area contributed by atoms with Crippen molar-refractivity contribution < 1.29 is 37.4 Å². The van der Waals surface area contributed by atoms with Crippen LogP contribution in [0.1, 0.15) is 20.9 Å². The summed E-state index contributed by atoms with van der Waals surface area (Å²) in [5, 5.41) is 4.96. The third-order valence-corrected chi connectivity index (χ3v) is 4.51. The number of nitrogens with one attached hydrogen (secondary N) is 2. The number of amides is 2. The van der Waals surface area contributed by atoms with Gasteiger partial charge in [0.1, 0.15) is 5.82 Å². The summed E-state index contributed by atoms with van der Waals surface area (Å²) < 4.78 is 34.3. The van der Waals surface area contributed by atoms with E-state index in [2.05, 4.69) is 10.6 Å². The van der Waals surface area contributed by atoms with Crippen molar-refractivity contribution in [2.45, 2.75) is 0 Å². The highest BCUT2D eigenvalue weighted by Gasteiger charge is 2.22. The van der Waals surface area contributed by atoms with Crippen molar-refractivity contribution >= 4 is 40.8 Å². The van der Waals surface area contributed by atoms with Crippen molar-refractivity contribution in [3.05, 3.63) is 70.9 Å². The molecule has 1 heterocycles. The van der Waals surface area contributed by atoms with E-state index in [4.69, 9.17) is 30.2 Å². The number of ether oxygens (including phenoxy) is 3. The summed E-state index contributed by atoms with van der Waals surface area (Å²) in [5.41, 5.74) is -0.209. The second kappa shape index (κ2) is 10.5. The molecule has 0 saturated carbocycles. The quantitative estimate of drug-likeness (QED) is 0.469. The maximum atomic E-state index is 13.8. The van der Waals surface area contributed by atoms with Gasteiger partial charge in [-0.2, -0.15) is 0 Å². The number of carbonyl (C=O) groups is 3. The molecule has 11 heteroatoms. The highest BCUT2D eigenvalue weighted by molar-refractivity contribution is 6.30. The van der Waals surface area contributed by atoms with Crippen LogP contribution >= 0.6 is 11.6 Å². The van der Waals surface area contributed by atoms with Crippen LogP contribution in [0.15, 0.2) is 53.1 Å². The third kappa shape index (κ3) is 5.80. The molecule has 9 nitrogen and oxygen atoms in total. The van der Waals surface area contributed by atoms with E-state index in [1.807, 2.05) is 0 Å². The Kier molecular flexibility index (Phi) is 7.52. The molecule has 0 unspecified atom stereocenters. The van der Waals surface area contributed by atoms with Gasteiger partial charge in [0.25, 0.3) is 11.8 Å². The van der Waals surface area contributed by atoms with E-state index in [9.17, 15) is 18.8 Å². The van der Waals surface area contributed by atoms with Crippen molar-refractivity contribution in [2.24, 2.45) is 0 Å². The summed E-state index contributed by atoms with van der Waals surface area (Å²) in [5.74, 6) is -2.67. The highest BCUT2D eigenvalue weighted by atomic mass is 35.5. The molecule has 0 aliphatic carbocycles. The molecule has 2 aromatic carbocycles. The second-order valence-corrected chi connectivity index (χ2v) is 6.87. The molecule has 3 aromatic rings. The van der Waals surface area contributed by atoms with E-state index in [-0.39, 0.29) is 39.2 Å². The summed E-state index contributed by atoms with van der Waals surface area (Å²) in [6.07, 6.45) is 1.32. The third-order valence-electron chi connectivity index (χ3n) is 4.28. The van der Waals surface area contributed by atoms with E-state index in [1.54, 1.807) is 0 Å². The number of hydrogen-bond donors (Lipinski definition) is 2. The molecule has 0 saturated heterocycles. The molecule has 0 bridgehead atoms. The molecular weight excluding hydrogens is 459 g/mol. The highest BCUT2D eigenvalue weighted by Crippen LogP contribution is 2.34. The van der Waals surface area contributed by atoms with E-state index in [0.717, 1.165) is 6.07 Å². The first-order chi connectivity index (χ1) is 15.8. The first-order valence-corrected chi connectivity index (χ1v) is 9.73. The van der Waals surface area contributed by atoms with Gasteiger partial charge < -0.3 is 29.3 Å². The van der Waals surface area contributed by atoms with Gasteiger partial charge in [0.15, 0.2) is 23.9 Å². The summed E-state index contributed by atoms with van der Waals surface area (Å²) in [7, 11) is 2.75. The number of benzene rings is 2. The number of rotatable bonds is 8. The molecule has 33 heavy (non-hydrogen) atoms. The number of esters is 1. The number of hydrogen-bond acceptors (Lipinski definition) is 7. The second-order valence-electron chi connectivity index (χ2n) is 6.43. The molecule has 0 aliphatic rings. The van der Waals surface area contributed by atoms with Gasteiger partial charge in [-0.05, 0) is 30.3 Å². The molecular formula is C22H18ClFN2O7. The summed E-state index contributed by atoms with van der Waals surface area (Å²) in [6, 6.07) is 9.31. The van der Waals surface area contributed by atoms with Crippen LogP contribution in [-0.4, -0.2) is 38.6 Å². The predicted molar refractivity (Wildman–Crippen MR) is 117 cm³/mol. The lowest BCUT2D eigenvalue weighted by molar-refractivity contribution is -0.119. The Hall–Kier alpha value is -4.05. The van der Waals surface area contributed by atoms with Gasteiger partial charge in [-0.1, -0.05) is 11.6 Å². The first-order valence-electron chi connectivity index (χ1n) is 9.35. The van der Waals surface area contributed by atoms with E-state index in [0.29, 0.717) is 0 Å². The van der Waals surface area contributed by atoms with Gasteiger partial charge in [-0.25, -0.2) is 9.18 Å². The van der Waals surface area contributed by atoms with Gasteiger partial charge >= 0.3 is 5.97 Å². The van der Waals surface area contributed by atoms with Crippen LogP contribution in [0.3, 0.4) is 0 Å². The zero-order valence-corrected chi connectivity index (χ0v) is 18.2. The molecule has 2 amide bonds. The zero-order valence-electron chi connectivity index (χ0n) is 17.4. The lowest BCUT2D eigenvalue weighted by Crippen LogP contribution is -2.22. The monoisotopic (exact) mass is 476 g/mol. The Labute approximate surface area is 192 Å². The topological polar surface area (TPSA) is 116 Å². The fourth-order valence-corrected chi connectivity index (χ4v) is 2.89. The van der Waals surface area contributed by atoms with Crippen LogP contribution in [0.4, 0.5) is 15.8 Å². The van der Waals surface area contributed by atoms with Crippen LogP contribution in [0.5, 0.6) is 11.5 Å². The average molecular weight is 477 g/mol. The number of carbonyl (C=O) groups excluding carboxylic acids is 3. The molecule has 2 N–H and O–H groups in total. The van der Waals surface area contributed by atoms with Gasteiger partial charge in [-0.15, -0.1) is 0 Å². The van der Waals surface area contributed by atoms with Crippen molar-refractivity contribution in [2.75, 3.05) is 31.5 Å². The van der Waals surface area contributed by atoms with E-state index in [1.165, 1.54) is 56.9 Å². The Morgan fingerprint density at radius 1 is 1.00 bits per heavy atom. The lowest BCUT2D eigenvalue weighted by Gasteiger charge is -2.15. The van der Waals surface area contributed by atoms with Gasteiger partial charge in [0.2, 0.25) is 0 Å². The van der Waals surface area contributed by atoms with Crippen LogP contribution in [-0.2, 0) is 9.53 Å². The minimum atomic E-state index is -0.947. The molecule has 0 atom stereocenters. The largest absolute Gasteiger partial charge is 0.493 e. The summed E-state index contributed by atoms with van der Waals surface area (Å²) >= 11 is 5.68. The Bertz CT molecular complexity index is 1180. The summed E-state index contributed by atoms with van der Waals surface area (Å²) in [6.45, 7) is -0.721. The molecule has 0 aliphatic heterocycles. The molecule has 172 valence electrons. The van der Waals surface area contributed by atoms with Gasteiger partial charge in [0.05, 0.1) is 37.4 Å². The minimum absolute atomic E-state index is 0.00784. The van der Waals surface area contributed by atoms with Crippen molar-refractivity contribution in [1.82, 2.24) is 0 Å². The fourth-order valence-electron chi connectivity index (χ4n) is 2.73. The normalized spacial score (nSPS) is 10.3. The Morgan fingerprint density at radius 3 is 2.36 bits per heavy atom. The molecule has 0 spiro atoms. The maximum absolute atomic E-state index is 13.8. The average Bonchev–Trinajstić information content (AvgIpc) is 3.34. The maximum Gasteiger partial charge on any atom is 0.340 e. The number of methoxy groups -OCH3 is 2. The molecule has 1 aromatic heterocycles. The minimum Gasteiger partial charge on any atom is -0.493 e. The molecule has 0 fully saturated rings. The predicted octanol–water partition coefficient (Wildman–Crippen LogP) is 4.14. The van der Waals surface area contributed by atoms with Crippen LogP contribution in [0, 0.1) is 5.82 Å². The Morgan fingerprint density at radius 2 is 1.73 bits per heavy atom. The standard InChI is InChI=1S/C22H18ClFN2O7/c1-30-18-9-13(16(10-19(18)31-2)26-21(28)17-4-3-7-32-17)22(29)33-11-20(27)25-15-6-5-12(23)8-14(15)24/h3-10H,11H2,1-2H3,(H,25,27)(H,26,28). The SMILES string of the molecule is COc1cc(NC(=O)c2ccco2)c(C(=O)OCC(=O)Nc2ccc(Cl)cc2F)cc1OC. The van der Waals surface area contributed by atoms with Crippen LogP contribution in [0.2, 0.25) is 5.02 Å². The number of halogens is 2. The van der Waals surface area contributed by atoms with E-state index >= 15 is 0 Å². The first kappa shape index (κ1) is 23.6. The van der Waals surface area contributed by atoms with Crippen molar-refractivity contribution in [3.63, 3.8) is 0 Å². The number of furan rings is 1.